The Hall–Kier alpha value is -0.330. The lowest BCUT2D eigenvalue weighted by Gasteiger charge is -2.21. The van der Waals surface area contributed by atoms with E-state index in [1.165, 1.54) is 16.4 Å². The van der Waals surface area contributed by atoms with Crippen LogP contribution in [0, 0.1) is 5.41 Å². The lowest BCUT2D eigenvalue weighted by atomic mass is 9.93. The predicted octanol–water partition coefficient (Wildman–Crippen LogP) is 2.91. The van der Waals surface area contributed by atoms with E-state index in [1.54, 1.807) is 0 Å². The molecule has 0 radical (unpaired) electrons. The third-order valence-electron chi connectivity index (χ3n) is 3.51. The summed E-state index contributed by atoms with van der Waals surface area (Å²) in [7, 11) is -3.69. The van der Waals surface area contributed by atoms with Crippen LogP contribution in [0.2, 0.25) is 10.0 Å². The molecule has 2 rings (SSSR count). The van der Waals surface area contributed by atoms with Crippen molar-refractivity contribution in [3.63, 3.8) is 0 Å². The number of hydrogen-bond acceptors (Lipinski definition) is 3. The Kier molecular flexibility index (Phi) is 4.38. The molecule has 20 heavy (non-hydrogen) atoms. The molecule has 1 aliphatic heterocycles. The minimum atomic E-state index is -3.69. The van der Waals surface area contributed by atoms with Gasteiger partial charge in [-0.15, -0.1) is 0 Å². The second kappa shape index (κ2) is 5.46. The highest BCUT2D eigenvalue weighted by Gasteiger charge is 2.38. The van der Waals surface area contributed by atoms with Crippen molar-refractivity contribution in [1.82, 2.24) is 4.31 Å². The van der Waals surface area contributed by atoms with Crippen LogP contribution >= 0.6 is 23.2 Å². The predicted molar refractivity (Wildman–Crippen MR) is 79.5 cm³/mol. The molecule has 4 nitrogen and oxygen atoms in total. The van der Waals surface area contributed by atoms with E-state index in [2.05, 4.69) is 0 Å². The van der Waals surface area contributed by atoms with E-state index in [1.807, 2.05) is 13.8 Å². The first-order valence-electron chi connectivity index (χ1n) is 6.26. The van der Waals surface area contributed by atoms with Crippen molar-refractivity contribution < 1.29 is 13.5 Å². The highest BCUT2D eigenvalue weighted by molar-refractivity contribution is 7.89. The summed E-state index contributed by atoms with van der Waals surface area (Å²) >= 11 is 12.0. The van der Waals surface area contributed by atoms with Gasteiger partial charge in [0, 0.05) is 18.1 Å². The summed E-state index contributed by atoms with van der Waals surface area (Å²) in [4.78, 5) is -0.0339. The van der Waals surface area contributed by atoms with Crippen LogP contribution in [0.1, 0.15) is 25.8 Å². The molecule has 0 bridgehead atoms. The molecule has 1 N–H and O–H groups in total. The van der Waals surface area contributed by atoms with Gasteiger partial charge in [0.25, 0.3) is 0 Å². The van der Waals surface area contributed by atoms with Gasteiger partial charge in [0.1, 0.15) is 4.90 Å². The number of benzene rings is 1. The van der Waals surface area contributed by atoms with Gasteiger partial charge in [-0.05, 0) is 29.5 Å². The number of hydrogen-bond donors (Lipinski definition) is 1. The highest BCUT2D eigenvalue weighted by atomic mass is 35.5. The molecule has 0 spiro atoms. The number of aliphatic hydroxyl groups is 1. The van der Waals surface area contributed by atoms with Gasteiger partial charge in [-0.1, -0.05) is 37.0 Å². The summed E-state index contributed by atoms with van der Waals surface area (Å²) in [6.07, 6.45) is 0.803. The zero-order valence-electron chi connectivity index (χ0n) is 11.4. The molecule has 1 heterocycles. The Balaban J connectivity index is 2.48. The Morgan fingerprint density at radius 2 is 2.00 bits per heavy atom. The van der Waals surface area contributed by atoms with Crippen molar-refractivity contribution >= 4 is 33.2 Å². The van der Waals surface area contributed by atoms with E-state index in [0.717, 1.165) is 6.42 Å². The normalized spacial score (nSPS) is 19.4. The van der Waals surface area contributed by atoms with Gasteiger partial charge >= 0.3 is 0 Å². The Morgan fingerprint density at radius 3 is 2.50 bits per heavy atom. The average Bonchev–Trinajstić information content (AvgIpc) is 2.72. The number of sulfonamides is 1. The molecule has 0 unspecified atom stereocenters. The zero-order chi connectivity index (χ0) is 15.1. The fourth-order valence-electron chi connectivity index (χ4n) is 2.33. The third-order valence-corrected chi connectivity index (χ3v) is 6.16. The van der Waals surface area contributed by atoms with Crippen LogP contribution in [-0.4, -0.2) is 30.9 Å². The van der Waals surface area contributed by atoms with Gasteiger partial charge in [-0.2, -0.15) is 4.31 Å². The van der Waals surface area contributed by atoms with Crippen LogP contribution in [0.15, 0.2) is 17.0 Å². The molecule has 0 aromatic heterocycles. The van der Waals surface area contributed by atoms with Crippen LogP contribution in [0.25, 0.3) is 0 Å². The van der Waals surface area contributed by atoms with Gasteiger partial charge in [0.2, 0.25) is 10.0 Å². The first kappa shape index (κ1) is 16.0. The Morgan fingerprint density at radius 1 is 1.35 bits per heavy atom. The number of aliphatic hydroxyl groups excluding tert-OH is 1. The van der Waals surface area contributed by atoms with E-state index in [4.69, 9.17) is 23.2 Å². The lowest BCUT2D eigenvalue weighted by molar-refractivity contribution is 0.281. The number of halogens is 2. The lowest BCUT2D eigenvalue weighted by Crippen LogP contribution is -2.30. The largest absolute Gasteiger partial charge is 0.392 e. The second-order valence-electron chi connectivity index (χ2n) is 5.79. The van der Waals surface area contributed by atoms with E-state index in [0.29, 0.717) is 18.7 Å². The number of rotatable bonds is 3. The third kappa shape index (κ3) is 2.97. The molecular weight excluding hydrogens is 321 g/mol. The highest BCUT2D eigenvalue weighted by Crippen LogP contribution is 2.36. The van der Waals surface area contributed by atoms with Gasteiger partial charge in [-0.3, -0.25) is 0 Å². The van der Waals surface area contributed by atoms with Crippen molar-refractivity contribution in [2.45, 2.75) is 31.8 Å². The second-order valence-corrected chi connectivity index (χ2v) is 8.51. The maximum atomic E-state index is 12.7. The van der Waals surface area contributed by atoms with Crippen LogP contribution in [-0.2, 0) is 16.6 Å². The molecule has 0 saturated carbocycles. The summed E-state index contributed by atoms with van der Waals surface area (Å²) in [5.74, 6) is 0. The molecule has 0 atom stereocenters. The molecule has 1 aromatic carbocycles. The molecule has 1 aliphatic rings. The molecular formula is C13H17Cl2NO3S. The fourth-order valence-corrected chi connectivity index (χ4v) is 4.86. The summed E-state index contributed by atoms with van der Waals surface area (Å²) in [6, 6.07) is 2.81. The summed E-state index contributed by atoms with van der Waals surface area (Å²) < 4.78 is 26.8. The summed E-state index contributed by atoms with van der Waals surface area (Å²) in [6.45, 7) is 4.62. The molecule has 7 heteroatoms. The molecule has 1 aromatic rings. The van der Waals surface area contributed by atoms with E-state index >= 15 is 0 Å². The fraction of sp³-hybridized carbons (Fsp3) is 0.538. The van der Waals surface area contributed by atoms with Crippen molar-refractivity contribution in [2.75, 3.05) is 13.1 Å². The van der Waals surface area contributed by atoms with E-state index < -0.39 is 10.0 Å². The smallest absolute Gasteiger partial charge is 0.244 e. The first-order chi connectivity index (χ1) is 9.17. The van der Waals surface area contributed by atoms with Crippen molar-refractivity contribution in [1.29, 1.82) is 0 Å². The molecule has 0 amide bonds. The molecule has 0 aliphatic carbocycles. The molecule has 112 valence electrons. The van der Waals surface area contributed by atoms with Gasteiger partial charge in [0.05, 0.1) is 11.6 Å². The SMILES string of the molecule is CC1(C)CCN(S(=O)(=O)c2cc(Cl)cc(CO)c2Cl)C1. The number of nitrogens with zero attached hydrogens (tertiary/aromatic N) is 1. The minimum Gasteiger partial charge on any atom is -0.392 e. The van der Waals surface area contributed by atoms with Crippen LogP contribution in [0.3, 0.4) is 0 Å². The van der Waals surface area contributed by atoms with Crippen molar-refractivity contribution in [2.24, 2.45) is 5.41 Å². The first-order valence-corrected chi connectivity index (χ1v) is 8.46. The summed E-state index contributed by atoms with van der Waals surface area (Å²) in [5.41, 5.74) is 0.272. The maximum Gasteiger partial charge on any atom is 0.244 e. The summed E-state index contributed by atoms with van der Waals surface area (Å²) in [5, 5.41) is 9.52. The van der Waals surface area contributed by atoms with Crippen molar-refractivity contribution in [3.8, 4) is 0 Å². The Bertz CT molecular complexity index is 629. The standard InChI is InChI=1S/C13H17Cl2NO3S/c1-13(2)3-4-16(8-13)20(18,19)11-6-10(14)5-9(7-17)12(11)15/h5-6,17H,3-4,7-8H2,1-2H3. The van der Waals surface area contributed by atoms with Crippen molar-refractivity contribution in [3.05, 3.63) is 27.7 Å². The zero-order valence-corrected chi connectivity index (χ0v) is 13.7. The van der Waals surface area contributed by atoms with Gasteiger partial charge < -0.3 is 5.11 Å². The van der Waals surface area contributed by atoms with Gasteiger partial charge in [0.15, 0.2) is 0 Å². The van der Waals surface area contributed by atoms with Crippen LogP contribution in [0.5, 0.6) is 0 Å². The molecule has 1 saturated heterocycles. The van der Waals surface area contributed by atoms with Crippen LogP contribution < -0.4 is 0 Å². The Labute approximate surface area is 129 Å². The minimum absolute atomic E-state index is 0.0339. The average molecular weight is 338 g/mol. The monoisotopic (exact) mass is 337 g/mol. The maximum absolute atomic E-state index is 12.7. The van der Waals surface area contributed by atoms with Gasteiger partial charge in [-0.25, -0.2) is 8.42 Å². The van der Waals surface area contributed by atoms with Crippen LogP contribution in [0.4, 0.5) is 0 Å². The van der Waals surface area contributed by atoms with E-state index in [9.17, 15) is 13.5 Å². The quantitative estimate of drug-likeness (QED) is 0.922. The topological polar surface area (TPSA) is 57.6 Å². The molecule has 1 fully saturated rings. The van der Waals surface area contributed by atoms with E-state index in [-0.39, 0.29) is 27.0 Å².